The molecule has 2 rings (SSSR count). The predicted octanol–water partition coefficient (Wildman–Crippen LogP) is 2.23. The normalized spacial score (nSPS) is 17.4. The van der Waals surface area contributed by atoms with E-state index in [4.69, 9.17) is 9.47 Å². The first-order valence-electron chi connectivity index (χ1n) is 7.86. The molecule has 1 aliphatic heterocycles. The van der Waals surface area contributed by atoms with Crippen LogP contribution in [0.1, 0.15) is 35.7 Å². The van der Waals surface area contributed by atoms with E-state index in [9.17, 15) is 4.79 Å². The van der Waals surface area contributed by atoms with Gasteiger partial charge in [0.2, 0.25) is 0 Å². The Bertz CT molecular complexity index is 525. The Morgan fingerprint density at radius 1 is 1.32 bits per heavy atom. The molecule has 0 bridgehead atoms. The predicted molar refractivity (Wildman–Crippen MR) is 86.9 cm³/mol. The van der Waals surface area contributed by atoms with Gasteiger partial charge in [-0.05, 0) is 44.0 Å². The van der Waals surface area contributed by atoms with Gasteiger partial charge in [0, 0.05) is 24.7 Å². The van der Waals surface area contributed by atoms with Gasteiger partial charge in [0.25, 0.3) is 5.91 Å². The van der Waals surface area contributed by atoms with Crippen molar-refractivity contribution in [3.63, 3.8) is 0 Å². The summed E-state index contributed by atoms with van der Waals surface area (Å²) in [7, 11) is 3.19. The quantitative estimate of drug-likeness (QED) is 0.875. The van der Waals surface area contributed by atoms with Gasteiger partial charge in [-0.15, -0.1) is 0 Å². The average Bonchev–Trinajstić information content (AvgIpc) is 3.05. The van der Waals surface area contributed by atoms with E-state index in [1.54, 1.807) is 20.3 Å². The molecule has 1 aliphatic rings. The lowest BCUT2D eigenvalue weighted by Gasteiger charge is -2.29. The molecule has 0 saturated carbocycles. The molecular formula is C17H26N2O3. The largest absolute Gasteiger partial charge is 0.493 e. The van der Waals surface area contributed by atoms with E-state index in [0.29, 0.717) is 17.1 Å². The van der Waals surface area contributed by atoms with E-state index in [2.05, 4.69) is 12.2 Å². The molecule has 1 aromatic carbocycles. The number of carbonyl (C=O) groups excluding carboxylic acids is 1. The Kier molecular flexibility index (Phi) is 5.66. The molecule has 1 fully saturated rings. The molecule has 1 aromatic rings. The van der Waals surface area contributed by atoms with E-state index in [1.165, 1.54) is 0 Å². The molecule has 1 atom stereocenters. The van der Waals surface area contributed by atoms with Crippen molar-refractivity contribution in [2.24, 2.45) is 0 Å². The molecule has 1 N–H and O–H groups in total. The minimum absolute atomic E-state index is 0.0778. The van der Waals surface area contributed by atoms with Crippen molar-refractivity contribution in [3.05, 3.63) is 23.3 Å². The van der Waals surface area contributed by atoms with Crippen molar-refractivity contribution in [3.8, 4) is 11.5 Å². The molecule has 0 radical (unpaired) electrons. The number of nitrogens with zero attached hydrogens (tertiary/aromatic N) is 1. The third-order valence-electron chi connectivity index (χ3n) is 4.16. The SMILES string of the molecule is CCCN(C(=O)c1cc(OC)c(OC)cc1C)C1CCNC1. The first kappa shape index (κ1) is 16.6. The van der Waals surface area contributed by atoms with Gasteiger partial charge in [-0.1, -0.05) is 6.92 Å². The number of hydrogen-bond donors (Lipinski definition) is 1. The van der Waals surface area contributed by atoms with Crippen molar-refractivity contribution in [2.45, 2.75) is 32.7 Å². The maximum atomic E-state index is 13.0. The number of amides is 1. The lowest BCUT2D eigenvalue weighted by molar-refractivity contribution is 0.0691. The van der Waals surface area contributed by atoms with Gasteiger partial charge in [0.1, 0.15) is 0 Å². The van der Waals surface area contributed by atoms with Crippen molar-refractivity contribution in [1.29, 1.82) is 0 Å². The number of methoxy groups -OCH3 is 2. The highest BCUT2D eigenvalue weighted by Gasteiger charge is 2.28. The molecule has 5 heteroatoms. The van der Waals surface area contributed by atoms with Crippen LogP contribution in [0.3, 0.4) is 0 Å². The molecule has 22 heavy (non-hydrogen) atoms. The molecule has 1 unspecified atom stereocenters. The number of ether oxygens (including phenoxy) is 2. The monoisotopic (exact) mass is 306 g/mol. The number of carbonyl (C=O) groups is 1. The molecule has 0 aromatic heterocycles. The highest BCUT2D eigenvalue weighted by atomic mass is 16.5. The zero-order valence-corrected chi connectivity index (χ0v) is 13.9. The summed E-state index contributed by atoms with van der Waals surface area (Å²) in [5, 5.41) is 3.33. The van der Waals surface area contributed by atoms with Crippen LogP contribution < -0.4 is 14.8 Å². The number of hydrogen-bond acceptors (Lipinski definition) is 4. The molecular weight excluding hydrogens is 280 g/mol. The zero-order valence-electron chi connectivity index (χ0n) is 13.9. The number of benzene rings is 1. The van der Waals surface area contributed by atoms with E-state index in [-0.39, 0.29) is 11.9 Å². The van der Waals surface area contributed by atoms with Crippen molar-refractivity contribution in [1.82, 2.24) is 10.2 Å². The molecule has 5 nitrogen and oxygen atoms in total. The van der Waals surface area contributed by atoms with Gasteiger partial charge < -0.3 is 19.7 Å². The fourth-order valence-electron chi connectivity index (χ4n) is 2.96. The summed E-state index contributed by atoms with van der Waals surface area (Å²) in [6.07, 6.45) is 1.96. The van der Waals surface area contributed by atoms with Crippen LogP contribution in [-0.4, -0.2) is 50.7 Å². The second kappa shape index (κ2) is 7.49. The van der Waals surface area contributed by atoms with Crippen LogP contribution in [0, 0.1) is 6.92 Å². The van der Waals surface area contributed by atoms with Crippen LogP contribution in [0.4, 0.5) is 0 Å². The smallest absolute Gasteiger partial charge is 0.254 e. The maximum absolute atomic E-state index is 13.0. The Morgan fingerprint density at radius 2 is 2.00 bits per heavy atom. The first-order valence-corrected chi connectivity index (χ1v) is 7.86. The lowest BCUT2D eigenvalue weighted by atomic mass is 10.0. The summed E-state index contributed by atoms with van der Waals surface area (Å²) in [5.74, 6) is 1.33. The second-order valence-corrected chi connectivity index (χ2v) is 5.67. The standard InChI is InChI=1S/C17H26N2O3/c1-5-8-19(13-6-7-18-11-13)17(20)14-10-16(22-4)15(21-3)9-12(14)2/h9-10,13,18H,5-8,11H2,1-4H3. The Labute approximate surface area is 132 Å². The number of aryl methyl sites for hydroxylation is 1. The van der Waals surface area contributed by atoms with Crippen LogP contribution in [0.25, 0.3) is 0 Å². The van der Waals surface area contributed by atoms with Gasteiger partial charge in [-0.3, -0.25) is 4.79 Å². The molecule has 1 amide bonds. The van der Waals surface area contributed by atoms with Gasteiger partial charge in [-0.2, -0.15) is 0 Å². The van der Waals surface area contributed by atoms with E-state index < -0.39 is 0 Å². The van der Waals surface area contributed by atoms with E-state index in [0.717, 1.165) is 38.0 Å². The van der Waals surface area contributed by atoms with Crippen molar-refractivity contribution in [2.75, 3.05) is 33.9 Å². The fraction of sp³-hybridized carbons (Fsp3) is 0.588. The van der Waals surface area contributed by atoms with Crippen LogP contribution in [0.2, 0.25) is 0 Å². The van der Waals surface area contributed by atoms with Gasteiger partial charge in [0.05, 0.1) is 14.2 Å². The average molecular weight is 306 g/mol. The Balaban J connectivity index is 2.33. The van der Waals surface area contributed by atoms with E-state index in [1.807, 2.05) is 17.9 Å². The van der Waals surface area contributed by atoms with Crippen LogP contribution in [0.15, 0.2) is 12.1 Å². The Morgan fingerprint density at radius 3 is 2.55 bits per heavy atom. The number of nitrogens with one attached hydrogen (secondary N) is 1. The highest BCUT2D eigenvalue weighted by molar-refractivity contribution is 5.96. The molecule has 0 spiro atoms. The maximum Gasteiger partial charge on any atom is 0.254 e. The Hall–Kier alpha value is -1.75. The summed E-state index contributed by atoms with van der Waals surface area (Å²) in [6, 6.07) is 3.94. The molecule has 1 saturated heterocycles. The second-order valence-electron chi connectivity index (χ2n) is 5.67. The summed E-state index contributed by atoms with van der Waals surface area (Å²) in [4.78, 5) is 15.0. The summed E-state index contributed by atoms with van der Waals surface area (Å²) < 4.78 is 10.6. The summed E-state index contributed by atoms with van der Waals surface area (Å²) in [6.45, 7) is 6.66. The minimum atomic E-state index is 0.0778. The zero-order chi connectivity index (χ0) is 16.1. The van der Waals surface area contributed by atoms with Crippen LogP contribution in [-0.2, 0) is 0 Å². The third kappa shape index (κ3) is 3.35. The first-order chi connectivity index (χ1) is 10.6. The number of rotatable bonds is 6. The lowest BCUT2D eigenvalue weighted by Crippen LogP contribution is -2.42. The van der Waals surface area contributed by atoms with Crippen LogP contribution >= 0.6 is 0 Å². The van der Waals surface area contributed by atoms with Crippen molar-refractivity contribution < 1.29 is 14.3 Å². The fourth-order valence-corrected chi connectivity index (χ4v) is 2.96. The highest BCUT2D eigenvalue weighted by Crippen LogP contribution is 2.31. The molecule has 0 aliphatic carbocycles. The minimum Gasteiger partial charge on any atom is -0.493 e. The molecule has 122 valence electrons. The topological polar surface area (TPSA) is 50.8 Å². The molecule has 1 heterocycles. The van der Waals surface area contributed by atoms with Gasteiger partial charge in [0.15, 0.2) is 11.5 Å². The van der Waals surface area contributed by atoms with E-state index >= 15 is 0 Å². The van der Waals surface area contributed by atoms with Crippen molar-refractivity contribution >= 4 is 5.91 Å². The summed E-state index contributed by atoms with van der Waals surface area (Å²) >= 11 is 0. The van der Waals surface area contributed by atoms with Gasteiger partial charge in [-0.25, -0.2) is 0 Å². The van der Waals surface area contributed by atoms with Gasteiger partial charge >= 0.3 is 0 Å². The third-order valence-corrected chi connectivity index (χ3v) is 4.16. The van der Waals surface area contributed by atoms with Crippen LogP contribution in [0.5, 0.6) is 11.5 Å². The summed E-state index contributed by atoms with van der Waals surface area (Å²) in [5.41, 5.74) is 1.60.